The summed E-state index contributed by atoms with van der Waals surface area (Å²) in [6.07, 6.45) is 6.61. The molecule has 0 saturated carbocycles. The van der Waals surface area contributed by atoms with Gasteiger partial charge in [0.15, 0.2) is 0 Å². The first-order chi connectivity index (χ1) is 16.7. The van der Waals surface area contributed by atoms with Crippen LogP contribution >= 0.6 is 23.2 Å². The van der Waals surface area contributed by atoms with Crippen LogP contribution in [0.5, 0.6) is 0 Å². The van der Waals surface area contributed by atoms with Gasteiger partial charge in [-0.1, -0.05) is 71.8 Å². The Morgan fingerprint density at radius 2 is 0.914 bits per heavy atom. The van der Waals surface area contributed by atoms with Crippen molar-refractivity contribution in [1.82, 2.24) is 0 Å². The third-order valence-corrected chi connectivity index (χ3v) is 7.55. The zero-order valence-electron chi connectivity index (χ0n) is 18.1. The molecule has 4 rings (SSSR count). The summed E-state index contributed by atoms with van der Waals surface area (Å²) in [5, 5.41) is 0.741. The number of halogens is 4. The summed E-state index contributed by atoms with van der Waals surface area (Å²) in [7, 11) is -4.00. The quantitative estimate of drug-likeness (QED) is 0.236. The van der Waals surface area contributed by atoms with E-state index in [1.807, 2.05) is 0 Å². The van der Waals surface area contributed by atoms with E-state index in [4.69, 9.17) is 23.2 Å². The predicted octanol–water partition coefficient (Wildman–Crippen LogP) is 8.45. The molecule has 0 aromatic heterocycles. The van der Waals surface area contributed by atoms with Gasteiger partial charge in [-0.15, -0.1) is 0 Å². The lowest BCUT2D eigenvalue weighted by Crippen LogP contribution is -2.06. The zero-order chi connectivity index (χ0) is 25.0. The minimum atomic E-state index is -4.00. The highest BCUT2D eigenvalue weighted by molar-refractivity contribution is 7.91. The highest BCUT2D eigenvalue weighted by Gasteiger charge is 2.23. The van der Waals surface area contributed by atoms with Crippen LogP contribution in [0.3, 0.4) is 0 Å². The fourth-order valence-corrected chi connectivity index (χ4v) is 5.39. The van der Waals surface area contributed by atoms with Crippen molar-refractivity contribution in [2.75, 3.05) is 0 Å². The molecule has 4 aromatic carbocycles. The number of benzene rings is 4. The van der Waals surface area contributed by atoms with Gasteiger partial charge in [-0.25, -0.2) is 17.2 Å². The van der Waals surface area contributed by atoms with E-state index in [0.717, 1.165) is 0 Å². The number of hydrogen-bond acceptors (Lipinski definition) is 2. The molecule has 0 atom stereocenters. The van der Waals surface area contributed by atoms with Gasteiger partial charge in [0.2, 0.25) is 9.84 Å². The van der Waals surface area contributed by atoms with Crippen molar-refractivity contribution in [2.24, 2.45) is 0 Å². The molecule has 0 aliphatic heterocycles. The van der Waals surface area contributed by atoms with E-state index in [1.54, 1.807) is 60.7 Å². The standard InChI is InChI=1S/C28H18Cl2F2O2S/c29-23-9-15-27(21(17-23)7-1-19-3-11-25(31)12-4-19)35(33,34)28-16-10-24(30)18-22(28)8-2-20-5-13-26(32)14-6-20/h1-18H. The van der Waals surface area contributed by atoms with Crippen LogP contribution in [0.15, 0.2) is 94.7 Å². The van der Waals surface area contributed by atoms with Crippen molar-refractivity contribution in [1.29, 1.82) is 0 Å². The molecule has 0 aliphatic carbocycles. The van der Waals surface area contributed by atoms with Gasteiger partial charge in [0, 0.05) is 10.0 Å². The highest BCUT2D eigenvalue weighted by Crippen LogP contribution is 2.32. The first-order valence-electron chi connectivity index (χ1n) is 10.4. The molecular formula is C28H18Cl2F2O2S. The van der Waals surface area contributed by atoms with Crippen molar-refractivity contribution in [2.45, 2.75) is 9.79 Å². The molecule has 0 aliphatic rings. The third kappa shape index (κ3) is 6.06. The van der Waals surface area contributed by atoms with Crippen LogP contribution in [0.2, 0.25) is 10.0 Å². The van der Waals surface area contributed by atoms with Gasteiger partial charge in [-0.05, 0) is 82.9 Å². The fourth-order valence-electron chi connectivity index (χ4n) is 3.43. The molecule has 35 heavy (non-hydrogen) atoms. The van der Waals surface area contributed by atoms with Crippen molar-refractivity contribution >= 4 is 57.3 Å². The average molecular weight is 527 g/mol. The Hall–Kier alpha value is -3.25. The topological polar surface area (TPSA) is 34.1 Å². The average Bonchev–Trinajstić information content (AvgIpc) is 2.83. The second-order valence-corrected chi connectivity index (χ2v) is 10.4. The van der Waals surface area contributed by atoms with E-state index in [2.05, 4.69) is 0 Å². The molecule has 0 spiro atoms. The zero-order valence-corrected chi connectivity index (χ0v) is 20.5. The van der Waals surface area contributed by atoms with Gasteiger partial charge in [0.05, 0.1) is 9.79 Å². The van der Waals surface area contributed by atoms with Crippen LogP contribution in [0, 0.1) is 11.6 Å². The molecule has 0 heterocycles. The van der Waals surface area contributed by atoms with Gasteiger partial charge in [-0.3, -0.25) is 0 Å². The van der Waals surface area contributed by atoms with Gasteiger partial charge < -0.3 is 0 Å². The molecule has 0 amide bonds. The maximum Gasteiger partial charge on any atom is 0.207 e. The Morgan fingerprint density at radius 1 is 0.543 bits per heavy atom. The minimum Gasteiger partial charge on any atom is -0.218 e. The van der Waals surface area contributed by atoms with E-state index >= 15 is 0 Å². The Labute approximate surface area is 212 Å². The summed E-state index contributed by atoms with van der Waals surface area (Å²) in [4.78, 5) is 0.109. The van der Waals surface area contributed by atoms with Crippen LogP contribution in [-0.4, -0.2) is 8.42 Å². The summed E-state index contributed by atoms with van der Waals surface area (Å²) in [6.45, 7) is 0. The van der Waals surface area contributed by atoms with E-state index in [9.17, 15) is 17.2 Å². The number of rotatable bonds is 6. The molecule has 0 N–H and O–H groups in total. The molecule has 0 radical (unpaired) electrons. The molecule has 0 fully saturated rings. The molecule has 0 unspecified atom stereocenters. The van der Waals surface area contributed by atoms with Gasteiger partial charge >= 0.3 is 0 Å². The van der Waals surface area contributed by atoms with Crippen LogP contribution in [0.25, 0.3) is 24.3 Å². The Bertz CT molecular complexity index is 1420. The van der Waals surface area contributed by atoms with Gasteiger partial charge in [0.25, 0.3) is 0 Å². The van der Waals surface area contributed by atoms with Crippen molar-refractivity contribution in [3.8, 4) is 0 Å². The van der Waals surface area contributed by atoms with Crippen LogP contribution in [0.4, 0.5) is 8.78 Å². The minimum absolute atomic E-state index is 0.0546. The van der Waals surface area contributed by atoms with Crippen molar-refractivity contribution in [3.63, 3.8) is 0 Å². The second kappa shape index (κ2) is 10.6. The third-order valence-electron chi connectivity index (χ3n) is 5.17. The molecule has 0 saturated heterocycles. The lowest BCUT2D eigenvalue weighted by Gasteiger charge is -2.12. The normalized spacial score (nSPS) is 12.0. The summed E-state index contributed by atoms with van der Waals surface area (Å²) in [6, 6.07) is 20.7. The second-order valence-electron chi connectivity index (χ2n) is 7.64. The molecule has 4 aromatic rings. The summed E-state index contributed by atoms with van der Waals surface area (Å²) >= 11 is 12.3. The lowest BCUT2D eigenvalue weighted by molar-refractivity contribution is 0.595. The largest absolute Gasteiger partial charge is 0.218 e. The van der Waals surface area contributed by atoms with Crippen molar-refractivity contribution in [3.05, 3.63) is 129 Å². The van der Waals surface area contributed by atoms with Crippen LogP contribution in [-0.2, 0) is 9.84 Å². The smallest absolute Gasteiger partial charge is 0.207 e. The SMILES string of the molecule is O=S(=O)(c1ccc(Cl)cc1C=Cc1ccc(F)cc1)c1ccc(Cl)cc1C=Cc1ccc(F)cc1. The summed E-state index contributed by atoms with van der Waals surface area (Å²) in [5.74, 6) is -0.728. The first-order valence-corrected chi connectivity index (χ1v) is 12.7. The van der Waals surface area contributed by atoms with Gasteiger partial charge in [-0.2, -0.15) is 0 Å². The molecule has 0 bridgehead atoms. The Morgan fingerprint density at radius 3 is 1.29 bits per heavy atom. The fraction of sp³-hybridized carbons (Fsp3) is 0. The van der Waals surface area contributed by atoms with Crippen LogP contribution in [0.1, 0.15) is 22.3 Å². The number of sulfone groups is 1. The Kier molecular flexibility index (Phi) is 7.51. The summed E-state index contributed by atoms with van der Waals surface area (Å²) in [5.41, 5.74) is 2.16. The van der Waals surface area contributed by atoms with E-state index in [1.165, 1.54) is 48.5 Å². The number of hydrogen-bond donors (Lipinski definition) is 0. The molecule has 2 nitrogen and oxygen atoms in total. The van der Waals surface area contributed by atoms with Gasteiger partial charge in [0.1, 0.15) is 11.6 Å². The Balaban J connectivity index is 1.77. The van der Waals surface area contributed by atoms with E-state index < -0.39 is 9.84 Å². The molecule has 176 valence electrons. The predicted molar refractivity (Wildman–Crippen MR) is 139 cm³/mol. The highest BCUT2D eigenvalue weighted by atomic mass is 35.5. The van der Waals surface area contributed by atoms with E-state index in [0.29, 0.717) is 32.3 Å². The molecule has 7 heteroatoms. The molecular weight excluding hydrogens is 509 g/mol. The first kappa shape index (κ1) is 24.9. The van der Waals surface area contributed by atoms with Crippen LogP contribution < -0.4 is 0 Å². The van der Waals surface area contributed by atoms with E-state index in [-0.39, 0.29) is 21.4 Å². The van der Waals surface area contributed by atoms with Crippen molar-refractivity contribution < 1.29 is 17.2 Å². The maximum atomic E-state index is 13.8. The summed E-state index contributed by atoms with van der Waals surface area (Å²) < 4.78 is 53.9. The monoisotopic (exact) mass is 526 g/mol. The lowest BCUT2D eigenvalue weighted by atomic mass is 10.1. The maximum absolute atomic E-state index is 13.8.